The van der Waals surface area contributed by atoms with Crippen molar-refractivity contribution in [3.63, 3.8) is 0 Å². The summed E-state index contributed by atoms with van der Waals surface area (Å²) in [5, 5.41) is 0. The highest BCUT2D eigenvalue weighted by Crippen LogP contribution is 2.40. The first-order valence-corrected chi connectivity index (χ1v) is 18.1. The van der Waals surface area contributed by atoms with Gasteiger partial charge in [-0.3, -0.25) is 0 Å². The number of hydrogen-bond donors (Lipinski definition) is 0. The van der Waals surface area contributed by atoms with Gasteiger partial charge in [0.05, 0.1) is 39.6 Å². The molecule has 274 valence electrons. The molecule has 6 nitrogen and oxygen atoms in total. The second-order valence-electron chi connectivity index (χ2n) is 13.3. The first-order chi connectivity index (χ1) is 25.3. The van der Waals surface area contributed by atoms with E-state index in [0.717, 1.165) is 79.2 Å². The Morgan fingerprint density at radius 2 is 1.10 bits per heavy atom. The number of rotatable bonds is 8. The lowest BCUT2D eigenvalue weighted by atomic mass is 9.84. The highest BCUT2D eigenvalue weighted by Gasteiger charge is 2.23. The molecule has 52 heavy (non-hydrogen) atoms. The molecule has 4 aromatic rings. The van der Waals surface area contributed by atoms with Crippen LogP contribution in [0.1, 0.15) is 108 Å². The van der Waals surface area contributed by atoms with Crippen molar-refractivity contribution in [1.29, 1.82) is 0 Å². The highest BCUT2D eigenvalue weighted by molar-refractivity contribution is 5.93. The molecule has 6 rings (SSSR count). The minimum atomic E-state index is -0.391. The molecular formula is C44H48F2O6. The van der Waals surface area contributed by atoms with Gasteiger partial charge in [0.15, 0.2) is 0 Å². The SMILES string of the molecule is COC(=O)c1ccc(-c2cc(OC)ccc2F)c(C2=CCCCCC2)c1.COC(=O)c1ccc(-c2cc(OC)ccc2F)c(C2CCCCCC2)c1. The number of hydrogen-bond acceptors (Lipinski definition) is 6. The van der Waals surface area contributed by atoms with E-state index < -0.39 is 5.97 Å². The zero-order valence-corrected chi connectivity index (χ0v) is 30.6. The fourth-order valence-electron chi connectivity index (χ4n) is 7.21. The molecule has 0 atom stereocenters. The maximum Gasteiger partial charge on any atom is 0.337 e. The summed E-state index contributed by atoms with van der Waals surface area (Å²) >= 11 is 0. The quantitative estimate of drug-likeness (QED) is 0.134. The van der Waals surface area contributed by atoms with Crippen molar-refractivity contribution in [1.82, 2.24) is 0 Å². The Hall–Kier alpha value is -4.98. The number of allylic oxidation sites excluding steroid dienone is 2. The van der Waals surface area contributed by atoms with E-state index in [0.29, 0.717) is 39.7 Å². The number of carbonyl (C=O) groups is 2. The van der Waals surface area contributed by atoms with Crippen LogP contribution in [0.4, 0.5) is 8.78 Å². The molecule has 0 bridgehead atoms. The average molecular weight is 711 g/mol. The molecule has 0 heterocycles. The monoisotopic (exact) mass is 710 g/mol. The molecular weight excluding hydrogens is 662 g/mol. The summed E-state index contributed by atoms with van der Waals surface area (Å²) in [6, 6.07) is 20.2. The second-order valence-corrected chi connectivity index (χ2v) is 13.3. The van der Waals surface area contributed by atoms with Crippen LogP contribution >= 0.6 is 0 Å². The number of benzene rings is 4. The number of methoxy groups -OCH3 is 4. The topological polar surface area (TPSA) is 71.1 Å². The van der Waals surface area contributed by atoms with E-state index in [1.54, 1.807) is 56.7 Å². The number of halogens is 2. The molecule has 4 aromatic carbocycles. The lowest BCUT2D eigenvalue weighted by Gasteiger charge is -2.20. The Morgan fingerprint density at radius 3 is 1.67 bits per heavy atom. The first-order valence-electron chi connectivity index (χ1n) is 18.1. The number of ether oxygens (including phenoxy) is 4. The molecule has 0 saturated heterocycles. The van der Waals surface area contributed by atoms with Crippen LogP contribution in [0.15, 0.2) is 78.9 Å². The maximum absolute atomic E-state index is 14.6. The lowest BCUT2D eigenvalue weighted by molar-refractivity contribution is 0.0592. The van der Waals surface area contributed by atoms with Crippen molar-refractivity contribution in [3.05, 3.63) is 113 Å². The van der Waals surface area contributed by atoms with Gasteiger partial charge in [-0.2, -0.15) is 0 Å². The smallest absolute Gasteiger partial charge is 0.337 e. The zero-order valence-electron chi connectivity index (χ0n) is 30.6. The molecule has 1 saturated carbocycles. The standard InChI is InChI=1S/C22H25FO3.C22H23FO3/c2*1-25-17-10-12-21(23)20(14-17)18-11-9-16(22(24)26-2)13-19(18)15-7-5-3-4-6-8-15/h9-15H,3-8H2,1-2H3;7,9-14H,3-6,8H2,1-2H3. The van der Waals surface area contributed by atoms with Gasteiger partial charge in [-0.25, -0.2) is 18.4 Å². The predicted molar refractivity (Wildman–Crippen MR) is 201 cm³/mol. The van der Waals surface area contributed by atoms with E-state index in [-0.39, 0.29) is 17.6 Å². The summed E-state index contributed by atoms with van der Waals surface area (Å²) in [5.41, 5.74) is 6.65. The Balaban J connectivity index is 0.000000201. The summed E-state index contributed by atoms with van der Waals surface area (Å²) in [6.07, 6.45) is 14.5. The highest BCUT2D eigenvalue weighted by atomic mass is 19.1. The van der Waals surface area contributed by atoms with E-state index in [9.17, 15) is 18.4 Å². The van der Waals surface area contributed by atoms with Crippen LogP contribution in [0.2, 0.25) is 0 Å². The first kappa shape index (κ1) is 38.3. The summed E-state index contributed by atoms with van der Waals surface area (Å²) in [4.78, 5) is 24.0. The van der Waals surface area contributed by atoms with Crippen LogP contribution in [0.25, 0.3) is 27.8 Å². The molecule has 2 aliphatic carbocycles. The van der Waals surface area contributed by atoms with Gasteiger partial charge in [0.25, 0.3) is 0 Å². The van der Waals surface area contributed by atoms with Gasteiger partial charge in [0.1, 0.15) is 23.1 Å². The Kier molecular flexibility index (Phi) is 13.6. The number of carbonyl (C=O) groups excluding carboxylic acids is 2. The Labute approximate surface area is 305 Å². The van der Waals surface area contributed by atoms with Crippen molar-refractivity contribution in [3.8, 4) is 33.8 Å². The third-order valence-corrected chi connectivity index (χ3v) is 10.0. The van der Waals surface area contributed by atoms with Gasteiger partial charge in [-0.05, 0) is 133 Å². The molecule has 0 spiro atoms. The van der Waals surface area contributed by atoms with Crippen LogP contribution in [0.3, 0.4) is 0 Å². The van der Waals surface area contributed by atoms with Crippen LogP contribution in [0.5, 0.6) is 11.5 Å². The molecule has 0 radical (unpaired) electrons. The van der Waals surface area contributed by atoms with Crippen LogP contribution in [0, 0.1) is 11.6 Å². The fourth-order valence-corrected chi connectivity index (χ4v) is 7.21. The molecule has 0 unspecified atom stereocenters. The third kappa shape index (κ3) is 9.27. The van der Waals surface area contributed by atoms with Crippen molar-refractivity contribution in [2.75, 3.05) is 28.4 Å². The van der Waals surface area contributed by atoms with Gasteiger partial charge in [0, 0.05) is 11.1 Å². The van der Waals surface area contributed by atoms with Crippen LogP contribution in [-0.2, 0) is 9.47 Å². The Bertz CT molecular complexity index is 1890. The maximum atomic E-state index is 14.6. The van der Waals surface area contributed by atoms with E-state index in [1.807, 2.05) is 18.2 Å². The lowest BCUT2D eigenvalue weighted by Crippen LogP contribution is -2.06. The third-order valence-electron chi connectivity index (χ3n) is 10.0. The largest absolute Gasteiger partial charge is 0.497 e. The van der Waals surface area contributed by atoms with Gasteiger partial charge in [0.2, 0.25) is 0 Å². The minimum absolute atomic E-state index is 0.286. The number of esters is 2. The van der Waals surface area contributed by atoms with Gasteiger partial charge < -0.3 is 18.9 Å². The summed E-state index contributed by atoms with van der Waals surface area (Å²) in [7, 11) is 5.88. The zero-order chi connectivity index (χ0) is 37.0. The normalized spacial score (nSPS) is 14.8. The fraction of sp³-hybridized carbons (Fsp3) is 0.364. The van der Waals surface area contributed by atoms with E-state index in [2.05, 4.69) is 6.08 Å². The van der Waals surface area contributed by atoms with Gasteiger partial charge in [-0.15, -0.1) is 0 Å². The van der Waals surface area contributed by atoms with E-state index in [4.69, 9.17) is 18.9 Å². The van der Waals surface area contributed by atoms with Crippen molar-refractivity contribution < 1.29 is 37.3 Å². The van der Waals surface area contributed by atoms with E-state index >= 15 is 0 Å². The summed E-state index contributed by atoms with van der Waals surface area (Å²) < 4.78 is 49.4. The Morgan fingerprint density at radius 1 is 0.558 bits per heavy atom. The van der Waals surface area contributed by atoms with Gasteiger partial charge in [-0.1, -0.05) is 50.3 Å². The predicted octanol–water partition coefficient (Wildman–Crippen LogP) is 11.4. The molecule has 8 heteroatoms. The molecule has 2 aliphatic rings. The van der Waals surface area contributed by atoms with E-state index in [1.165, 1.54) is 45.6 Å². The molecule has 0 amide bonds. The van der Waals surface area contributed by atoms with Crippen LogP contribution < -0.4 is 9.47 Å². The van der Waals surface area contributed by atoms with Crippen molar-refractivity contribution in [2.45, 2.75) is 76.5 Å². The van der Waals surface area contributed by atoms with Crippen molar-refractivity contribution >= 4 is 17.5 Å². The molecule has 1 fully saturated rings. The minimum Gasteiger partial charge on any atom is -0.497 e. The molecule has 0 N–H and O–H groups in total. The van der Waals surface area contributed by atoms with Crippen molar-refractivity contribution in [2.24, 2.45) is 0 Å². The summed E-state index contributed by atoms with van der Waals surface area (Å²) in [5.74, 6) is 0.182. The van der Waals surface area contributed by atoms with Crippen LogP contribution in [-0.4, -0.2) is 40.4 Å². The average Bonchev–Trinajstić information content (AvgIpc) is 3.64. The molecule has 0 aliphatic heterocycles. The summed E-state index contributed by atoms with van der Waals surface area (Å²) in [6.45, 7) is 0. The second kappa shape index (κ2) is 18.5. The molecule has 0 aromatic heterocycles. The van der Waals surface area contributed by atoms with Gasteiger partial charge >= 0.3 is 11.9 Å².